The Bertz CT molecular complexity index is 463. The number of aromatic nitrogens is 2. The molecule has 0 aromatic carbocycles. The summed E-state index contributed by atoms with van der Waals surface area (Å²) < 4.78 is 9.42. The molecule has 0 aliphatic heterocycles. The molecular formula is C9H10N4O3. The summed E-state index contributed by atoms with van der Waals surface area (Å²) in [5.74, 6) is 0.368. The van der Waals surface area contributed by atoms with Gasteiger partial charge in [-0.3, -0.25) is 4.79 Å². The minimum atomic E-state index is -0.412. The Morgan fingerprint density at radius 2 is 2.38 bits per heavy atom. The maximum Gasteiger partial charge on any atom is 0.277 e. The van der Waals surface area contributed by atoms with Gasteiger partial charge in [0.05, 0.1) is 6.26 Å². The summed E-state index contributed by atoms with van der Waals surface area (Å²) in [5, 5.41) is 9.32. The highest BCUT2D eigenvalue weighted by molar-refractivity contribution is 5.95. The van der Waals surface area contributed by atoms with Crippen molar-refractivity contribution in [3.05, 3.63) is 29.9 Å². The van der Waals surface area contributed by atoms with E-state index in [0.717, 1.165) is 5.76 Å². The molecule has 1 amide bonds. The van der Waals surface area contributed by atoms with Crippen LogP contribution in [-0.2, 0) is 6.42 Å². The van der Waals surface area contributed by atoms with Gasteiger partial charge < -0.3 is 15.5 Å². The summed E-state index contributed by atoms with van der Waals surface area (Å²) in [6.45, 7) is 0.429. The normalized spacial score (nSPS) is 10.2. The molecule has 0 aliphatic carbocycles. The average molecular weight is 222 g/mol. The maximum atomic E-state index is 11.5. The van der Waals surface area contributed by atoms with Gasteiger partial charge in [0.2, 0.25) is 11.5 Å². The van der Waals surface area contributed by atoms with Crippen LogP contribution in [0.3, 0.4) is 0 Å². The molecule has 0 aliphatic rings. The Morgan fingerprint density at radius 3 is 3.00 bits per heavy atom. The molecule has 2 rings (SSSR count). The number of nitrogens with zero attached hydrogens (tertiary/aromatic N) is 2. The second-order valence-electron chi connectivity index (χ2n) is 3.08. The highest BCUT2D eigenvalue weighted by Crippen LogP contribution is 2.04. The molecule has 0 atom stereocenters. The van der Waals surface area contributed by atoms with E-state index in [0.29, 0.717) is 13.0 Å². The van der Waals surface area contributed by atoms with Crippen LogP contribution in [0.5, 0.6) is 0 Å². The van der Waals surface area contributed by atoms with E-state index in [2.05, 4.69) is 20.3 Å². The second kappa shape index (κ2) is 4.47. The van der Waals surface area contributed by atoms with E-state index in [1.165, 1.54) is 0 Å². The van der Waals surface area contributed by atoms with Gasteiger partial charge in [0.25, 0.3) is 5.91 Å². The molecule has 0 saturated heterocycles. The van der Waals surface area contributed by atoms with Crippen LogP contribution in [-0.4, -0.2) is 22.8 Å². The number of hydrogen-bond acceptors (Lipinski definition) is 6. The van der Waals surface area contributed by atoms with Crippen LogP contribution in [0.4, 0.5) is 5.82 Å². The third kappa shape index (κ3) is 2.19. The van der Waals surface area contributed by atoms with Crippen LogP contribution in [0, 0.1) is 0 Å². The molecule has 0 spiro atoms. The number of hydrogen-bond donors (Lipinski definition) is 2. The van der Waals surface area contributed by atoms with Crippen LogP contribution in [0.25, 0.3) is 0 Å². The first kappa shape index (κ1) is 10.2. The van der Waals surface area contributed by atoms with Crippen molar-refractivity contribution in [3.63, 3.8) is 0 Å². The zero-order valence-electron chi connectivity index (χ0n) is 8.34. The molecule has 0 radical (unpaired) electrons. The fraction of sp³-hybridized carbons (Fsp3) is 0.222. The van der Waals surface area contributed by atoms with Crippen molar-refractivity contribution in [1.29, 1.82) is 0 Å². The summed E-state index contributed by atoms with van der Waals surface area (Å²) in [4.78, 5) is 11.5. The summed E-state index contributed by atoms with van der Waals surface area (Å²) in [5.41, 5.74) is 5.36. The maximum absolute atomic E-state index is 11.5. The lowest BCUT2D eigenvalue weighted by Gasteiger charge is -2.00. The van der Waals surface area contributed by atoms with E-state index in [-0.39, 0.29) is 11.5 Å². The zero-order chi connectivity index (χ0) is 11.4. The van der Waals surface area contributed by atoms with Gasteiger partial charge in [0.15, 0.2) is 0 Å². The van der Waals surface area contributed by atoms with E-state index in [4.69, 9.17) is 10.2 Å². The summed E-state index contributed by atoms with van der Waals surface area (Å²) in [7, 11) is 0. The SMILES string of the molecule is Nc1nonc1C(=O)NCCc1ccco1. The molecular weight excluding hydrogens is 212 g/mol. The first-order valence-electron chi connectivity index (χ1n) is 4.66. The van der Waals surface area contributed by atoms with Crippen molar-refractivity contribution in [2.75, 3.05) is 12.3 Å². The standard InChI is InChI=1S/C9H10N4O3/c10-8-7(12-16-13-8)9(14)11-4-3-6-2-1-5-15-6/h1-2,5H,3-4H2,(H2,10,13)(H,11,14). The molecule has 0 unspecified atom stereocenters. The lowest BCUT2D eigenvalue weighted by Crippen LogP contribution is -2.26. The Kier molecular flexibility index (Phi) is 2.86. The number of rotatable bonds is 4. The smallest absolute Gasteiger partial charge is 0.277 e. The van der Waals surface area contributed by atoms with Gasteiger partial charge in [0, 0.05) is 13.0 Å². The molecule has 84 valence electrons. The molecule has 2 aromatic rings. The van der Waals surface area contributed by atoms with Crippen molar-refractivity contribution in [3.8, 4) is 0 Å². The van der Waals surface area contributed by atoms with Crippen LogP contribution in [0.1, 0.15) is 16.2 Å². The molecule has 7 heteroatoms. The van der Waals surface area contributed by atoms with Gasteiger partial charge in [-0.15, -0.1) is 0 Å². The van der Waals surface area contributed by atoms with Crippen LogP contribution < -0.4 is 11.1 Å². The third-order valence-electron chi connectivity index (χ3n) is 1.97. The van der Waals surface area contributed by atoms with Gasteiger partial charge in [-0.2, -0.15) is 0 Å². The highest BCUT2D eigenvalue weighted by Gasteiger charge is 2.15. The predicted molar refractivity (Wildman–Crippen MR) is 53.5 cm³/mol. The zero-order valence-corrected chi connectivity index (χ0v) is 8.34. The minimum Gasteiger partial charge on any atom is -0.469 e. The molecule has 0 saturated carbocycles. The second-order valence-corrected chi connectivity index (χ2v) is 3.08. The van der Waals surface area contributed by atoms with Gasteiger partial charge >= 0.3 is 0 Å². The van der Waals surface area contributed by atoms with E-state index >= 15 is 0 Å². The van der Waals surface area contributed by atoms with E-state index in [1.54, 1.807) is 12.3 Å². The minimum absolute atomic E-state index is 0.000514. The van der Waals surface area contributed by atoms with Gasteiger partial charge in [-0.25, -0.2) is 4.63 Å². The molecule has 3 N–H and O–H groups in total. The number of nitrogen functional groups attached to an aromatic ring is 1. The number of carbonyl (C=O) groups excluding carboxylic acids is 1. The Labute approximate surface area is 90.6 Å². The van der Waals surface area contributed by atoms with Crippen LogP contribution in [0.2, 0.25) is 0 Å². The quantitative estimate of drug-likeness (QED) is 0.766. The van der Waals surface area contributed by atoms with Gasteiger partial charge in [-0.05, 0) is 22.4 Å². The topological polar surface area (TPSA) is 107 Å². The van der Waals surface area contributed by atoms with Gasteiger partial charge in [-0.1, -0.05) is 0 Å². The molecule has 16 heavy (non-hydrogen) atoms. The van der Waals surface area contributed by atoms with Crippen molar-refractivity contribution in [1.82, 2.24) is 15.6 Å². The van der Waals surface area contributed by atoms with Crippen LogP contribution >= 0.6 is 0 Å². The number of nitrogens with two attached hydrogens (primary N) is 1. The Hall–Kier alpha value is -2.31. The van der Waals surface area contributed by atoms with Crippen molar-refractivity contribution < 1.29 is 13.8 Å². The molecule has 0 fully saturated rings. The Balaban J connectivity index is 1.83. The lowest BCUT2D eigenvalue weighted by molar-refractivity contribution is 0.0944. The van der Waals surface area contributed by atoms with Gasteiger partial charge in [0.1, 0.15) is 5.76 Å². The van der Waals surface area contributed by atoms with Crippen molar-refractivity contribution in [2.45, 2.75) is 6.42 Å². The molecule has 7 nitrogen and oxygen atoms in total. The number of furan rings is 1. The first-order chi connectivity index (χ1) is 7.77. The van der Waals surface area contributed by atoms with Crippen molar-refractivity contribution >= 4 is 11.7 Å². The van der Waals surface area contributed by atoms with E-state index in [1.807, 2.05) is 6.07 Å². The summed E-state index contributed by atoms with van der Waals surface area (Å²) in [6.07, 6.45) is 2.18. The molecule has 2 heterocycles. The fourth-order valence-corrected chi connectivity index (χ4v) is 1.19. The Morgan fingerprint density at radius 1 is 1.50 bits per heavy atom. The first-order valence-corrected chi connectivity index (χ1v) is 4.66. The van der Waals surface area contributed by atoms with E-state index in [9.17, 15) is 4.79 Å². The monoisotopic (exact) mass is 222 g/mol. The molecule has 2 aromatic heterocycles. The van der Waals surface area contributed by atoms with Crippen molar-refractivity contribution in [2.24, 2.45) is 0 Å². The molecule has 0 bridgehead atoms. The number of nitrogens with one attached hydrogen (secondary N) is 1. The van der Waals surface area contributed by atoms with Crippen LogP contribution in [0.15, 0.2) is 27.4 Å². The lowest BCUT2D eigenvalue weighted by atomic mass is 10.3. The summed E-state index contributed by atoms with van der Waals surface area (Å²) >= 11 is 0. The highest BCUT2D eigenvalue weighted by atomic mass is 16.6. The number of amides is 1. The number of anilines is 1. The predicted octanol–water partition coefficient (Wildman–Crippen LogP) is 0.217. The van der Waals surface area contributed by atoms with E-state index < -0.39 is 5.91 Å². The average Bonchev–Trinajstić information content (AvgIpc) is 2.88. The summed E-state index contributed by atoms with van der Waals surface area (Å²) in [6, 6.07) is 3.62. The third-order valence-corrected chi connectivity index (χ3v) is 1.97. The number of carbonyl (C=O) groups is 1. The largest absolute Gasteiger partial charge is 0.469 e. The fourth-order valence-electron chi connectivity index (χ4n) is 1.19.